The van der Waals surface area contributed by atoms with Crippen LogP contribution in [0.25, 0.3) is 0 Å². The number of nitro groups is 1. The summed E-state index contributed by atoms with van der Waals surface area (Å²) in [6.07, 6.45) is 2.07. The Morgan fingerprint density at radius 3 is 2.70 bits per heavy atom. The minimum atomic E-state index is -0.555. The van der Waals surface area contributed by atoms with Crippen molar-refractivity contribution in [1.29, 1.82) is 0 Å². The van der Waals surface area contributed by atoms with Crippen LogP contribution in [0.3, 0.4) is 0 Å². The number of hydrogen-bond acceptors (Lipinski definition) is 3. The molecule has 0 N–H and O–H groups in total. The number of nitrogens with zero attached hydrogens (tertiary/aromatic N) is 2. The topological polar surface area (TPSA) is 63.5 Å². The highest BCUT2D eigenvalue weighted by molar-refractivity contribution is 6.33. The van der Waals surface area contributed by atoms with Crippen LogP contribution in [0.5, 0.6) is 0 Å². The predicted octanol–water partition coefficient (Wildman–Crippen LogP) is 3.51. The third-order valence-electron chi connectivity index (χ3n) is 3.58. The van der Waals surface area contributed by atoms with Crippen molar-refractivity contribution < 1.29 is 9.72 Å². The normalized spacial score (nSPS) is 17.9. The fourth-order valence-corrected chi connectivity index (χ4v) is 2.82. The second-order valence-corrected chi connectivity index (χ2v) is 6.32. The van der Waals surface area contributed by atoms with Crippen molar-refractivity contribution in [3.8, 4) is 0 Å². The van der Waals surface area contributed by atoms with Crippen LogP contribution < -0.4 is 0 Å². The molecule has 0 aliphatic carbocycles. The monoisotopic (exact) mass is 296 g/mol. The van der Waals surface area contributed by atoms with Gasteiger partial charge in [-0.25, -0.2) is 0 Å². The van der Waals surface area contributed by atoms with Crippen LogP contribution in [0.2, 0.25) is 5.02 Å². The number of rotatable bonds is 2. The van der Waals surface area contributed by atoms with E-state index in [0.29, 0.717) is 12.1 Å². The van der Waals surface area contributed by atoms with Crippen LogP contribution in [0.4, 0.5) is 5.69 Å². The Balaban J connectivity index is 2.21. The van der Waals surface area contributed by atoms with Crippen molar-refractivity contribution >= 4 is 23.2 Å². The van der Waals surface area contributed by atoms with E-state index in [1.165, 1.54) is 18.2 Å². The lowest BCUT2D eigenvalue weighted by Crippen LogP contribution is -2.43. The number of likely N-dealkylation sites (tertiary alicyclic amines) is 1. The van der Waals surface area contributed by atoms with Crippen LogP contribution in [-0.4, -0.2) is 28.8 Å². The number of amides is 1. The average Bonchev–Trinajstić information content (AvgIpc) is 2.36. The van der Waals surface area contributed by atoms with Gasteiger partial charge < -0.3 is 4.90 Å². The molecule has 1 aliphatic heterocycles. The first-order chi connectivity index (χ1) is 9.30. The summed E-state index contributed by atoms with van der Waals surface area (Å²) in [5, 5.41) is 10.7. The first-order valence-corrected chi connectivity index (χ1v) is 6.91. The first-order valence-electron chi connectivity index (χ1n) is 6.53. The fourth-order valence-electron chi connectivity index (χ4n) is 2.57. The number of benzene rings is 1. The average molecular weight is 297 g/mol. The maximum atomic E-state index is 12.4. The summed E-state index contributed by atoms with van der Waals surface area (Å²) in [5.41, 5.74) is 0.332. The Labute approximate surface area is 122 Å². The summed E-state index contributed by atoms with van der Waals surface area (Å²) in [6.45, 7) is 5.68. The zero-order chi connectivity index (χ0) is 14.9. The zero-order valence-corrected chi connectivity index (χ0v) is 12.3. The Morgan fingerprint density at radius 2 is 2.15 bits per heavy atom. The van der Waals surface area contributed by atoms with E-state index >= 15 is 0 Å². The van der Waals surface area contributed by atoms with E-state index in [9.17, 15) is 14.9 Å². The number of piperidine rings is 1. The maximum absolute atomic E-state index is 12.4. The number of halogens is 1. The molecule has 0 atom stereocenters. The van der Waals surface area contributed by atoms with Crippen molar-refractivity contribution in [3.63, 3.8) is 0 Å². The molecule has 5 nitrogen and oxygen atoms in total. The van der Waals surface area contributed by atoms with Crippen molar-refractivity contribution in [2.24, 2.45) is 5.41 Å². The van der Waals surface area contributed by atoms with Crippen LogP contribution in [0.1, 0.15) is 37.0 Å². The molecule has 0 spiro atoms. The predicted molar refractivity (Wildman–Crippen MR) is 77.0 cm³/mol. The number of nitro benzene ring substituents is 1. The van der Waals surface area contributed by atoms with Gasteiger partial charge in [0.15, 0.2) is 0 Å². The second-order valence-electron chi connectivity index (χ2n) is 5.92. The van der Waals surface area contributed by atoms with Crippen molar-refractivity contribution in [2.75, 3.05) is 13.1 Å². The molecule has 2 rings (SSSR count). The Kier molecular flexibility index (Phi) is 3.99. The van der Waals surface area contributed by atoms with Crippen LogP contribution in [0.15, 0.2) is 18.2 Å². The van der Waals surface area contributed by atoms with Gasteiger partial charge in [0, 0.05) is 24.7 Å². The molecule has 1 saturated heterocycles. The lowest BCUT2D eigenvalue weighted by atomic mass is 9.84. The van der Waals surface area contributed by atoms with E-state index in [2.05, 4.69) is 13.8 Å². The van der Waals surface area contributed by atoms with Crippen LogP contribution >= 0.6 is 11.6 Å². The molecule has 6 heteroatoms. The second kappa shape index (κ2) is 5.40. The number of hydrogen-bond donors (Lipinski definition) is 0. The van der Waals surface area contributed by atoms with E-state index in [1.54, 1.807) is 4.90 Å². The summed E-state index contributed by atoms with van der Waals surface area (Å²) >= 11 is 5.85. The van der Waals surface area contributed by atoms with Gasteiger partial charge >= 0.3 is 0 Å². The van der Waals surface area contributed by atoms with Gasteiger partial charge in [0.05, 0.1) is 4.92 Å². The molecule has 1 aromatic rings. The smallest absolute Gasteiger partial charge is 0.287 e. The van der Waals surface area contributed by atoms with Gasteiger partial charge in [-0.1, -0.05) is 25.4 Å². The van der Waals surface area contributed by atoms with Crippen LogP contribution in [-0.2, 0) is 0 Å². The van der Waals surface area contributed by atoms with Gasteiger partial charge in [-0.3, -0.25) is 14.9 Å². The molecule has 108 valence electrons. The van der Waals surface area contributed by atoms with Gasteiger partial charge in [0.25, 0.3) is 11.6 Å². The SMILES string of the molecule is CC1(C)CCCN(C(=O)c2ccc([N+](=O)[O-])c(Cl)c2)C1. The van der Waals surface area contributed by atoms with E-state index in [1.807, 2.05) is 0 Å². The number of carbonyl (C=O) groups is 1. The standard InChI is InChI=1S/C14H17ClN2O3/c1-14(2)6-3-7-16(9-14)13(18)10-4-5-12(17(19)20)11(15)8-10/h4-5,8H,3,6-7,9H2,1-2H3. The summed E-state index contributed by atoms with van der Waals surface area (Å²) in [5.74, 6) is -0.116. The molecule has 0 saturated carbocycles. The number of carbonyl (C=O) groups excluding carboxylic acids is 1. The highest BCUT2D eigenvalue weighted by atomic mass is 35.5. The minimum absolute atomic E-state index is 0.00267. The molecule has 1 amide bonds. The zero-order valence-electron chi connectivity index (χ0n) is 11.6. The summed E-state index contributed by atoms with van der Waals surface area (Å²) in [6, 6.07) is 4.13. The lowest BCUT2D eigenvalue weighted by molar-refractivity contribution is -0.384. The third kappa shape index (κ3) is 3.10. The third-order valence-corrected chi connectivity index (χ3v) is 3.88. The molecule has 1 fully saturated rings. The summed E-state index contributed by atoms with van der Waals surface area (Å²) in [7, 11) is 0. The maximum Gasteiger partial charge on any atom is 0.287 e. The first kappa shape index (κ1) is 14.8. The molecule has 0 unspecified atom stereocenters. The van der Waals surface area contributed by atoms with Gasteiger partial charge in [-0.15, -0.1) is 0 Å². The molecule has 0 radical (unpaired) electrons. The molecule has 20 heavy (non-hydrogen) atoms. The Morgan fingerprint density at radius 1 is 1.45 bits per heavy atom. The van der Waals surface area contributed by atoms with Crippen molar-refractivity contribution in [2.45, 2.75) is 26.7 Å². The summed E-state index contributed by atoms with van der Waals surface area (Å²) < 4.78 is 0. The van der Waals surface area contributed by atoms with Gasteiger partial charge in [0.2, 0.25) is 0 Å². The van der Waals surface area contributed by atoms with E-state index in [0.717, 1.165) is 19.4 Å². The van der Waals surface area contributed by atoms with Crippen molar-refractivity contribution in [1.82, 2.24) is 4.90 Å². The van der Waals surface area contributed by atoms with E-state index < -0.39 is 4.92 Å². The van der Waals surface area contributed by atoms with Crippen LogP contribution in [0, 0.1) is 15.5 Å². The lowest BCUT2D eigenvalue weighted by Gasteiger charge is -2.38. The molecule has 1 aromatic carbocycles. The molecule has 1 heterocycles. The Hall–Kier alpha value is -1.62. The molecule has 1 aliphatic rings. The van der Waals surface area contributed by atoms with Gasteiger partial charge in [-0.05, 0) is 30.4 Å². The fraction of sp³-hybridized carbons (Fsp3) is 0.500. The quantitative estimate of drug-likeness (QED) is 0.619. The Bertz CT molecular complexity index is 557. The molecular formula is C14H17ClN2O3. The highest BCUT2D eigenvalue weighted by Crippen LogP contribution is 2.30. The summed E-state index contributed by atoms with van der Waals surface area (Å²) in [4.78, 5) is 24.4. The largest absolute Gasteiger partial charge is 0.338 e. The van der Waals surface area contributed by atoms with E-state index in [4.69, 9.17) is 11.6 Å². The minimum Gasteiger partial charge on any atom is -0.338 e. The van der Waals surface area contributed by atoms with Gasteiger partial charge in [0.1, 0.15) is 5.02 Å². The molecule has 0 bridgehead atoms. The highest BCUT2D eigenvalue weighted by Gasteiger charge is 2.30. The molecular weight excluding hydrogens is 280 g/mol. The van der Waals surface area contributed by atoms with E-state index in [-0.39, 0.29) is 22.0 Å². The van der Waals surface area contributed by atoms with Gasteiger partial charge in [-0.2, -0.15) is 0 Å². The molecule has 0 aromatic heterocycles. The van der Waals surface area contributed by atoms with Crippen molar-refractivity contribution in [3.05, 3.63) is 38.9 Å².